The van der Waals surface area contributed by atoms with Crippen LogP contribution in [0.1, 0.15) is 40.2 Å². The predicted molar refractivity (Wildman–Crippen MR) is 109 cm³/mol. The number of ketones is 1. The molecule has 162 valence electrons. The molecule has 1 rings (SSSR count). The van der Waals surface area contributed by atoms with E-state index in [0.717, 1.165) is 11.3 Å². The fourth-order valence-electron chi connectivity index (χ4n) is 2.62. The van der Waals surface area contributed by atoms with Gasteiger partial charge in [0, 0.05) is 0 Å². The predicted octanol–water partition coefficient (Wildman–Crippen LogP) is 2.24. The van der Waals surface area contributed by atoms with Gasteiger partial charge in [-0.2, -0.15) is 0 Å². The number of amides is 1. The third-order valence-electron chi connectivity index (χ3n) is 4.11. The number of carbonyl (C=O) groups is 3. The second-order valence-electron chi connectivity index (χ2n) is 7.77. The zero-order chi connectivity index (χ0) is 22.2. The molecule has 0 radical (unpaired) electrons. The summed E-state index contributed by atoms with van der Waals surface area (Å²) in [6.07, 6.45) is -1.21. The van der Waals surface area contributed by atoms with Gasteiger partial charge in [0.2, 0.25) is 0 Å². The first-order valence-electron chi connectivity index (χ1n) is 9.47. The summed E-state index contributed by atoms with van der Waals surface area (Å²) in [5.74, 6) is -0.135. The van der Waals surface area contributed by atoms with Crippen molar-refractivity contribution in [2.75, 3.05) is 14.2 Å². The number of benzene rings is 1. The molecule has 0 aliphatic heterocycles. The molecule has 0 spiro atoms. The SMILES string of the molecule is CN[C@@H](Cc1ccc(OC)cc1)C(=O)O[C@H](C)[C@H](NC(=O)OC(C)(C)C)C(C)=O. The molecule has 8 nitrogen and oxygen atoms in total. The van der Waals surface area contributed by atoms with Gasteiger partial charge in [0.05, 0.1) is 7.11 Å². The second-order valence-corrected chi connectivity index (χ2v) is 7.77. The lowest BCUT2D eigenvalue weighted by Gasteiger charge is -2.27. The lowest BCUT2D eigenvalue weighted by molar-refractivity contribution is -0.153. The zero-order valence-electron chi connectivity index (χ0n) is 18.2. The molecule has 0 bridgehead atoms. The Balaban J connectivity index is 2.75. The molecular weight excluding hydrogens is 376 g/mol. The van der Waals surface area contributed by atoms with E-state index in [1.54, 1.807) is 41.9 Å². The highest BCUT2D eigenvalue weighted by Gasteiger charge is 2.31. The van der Waals surface area contributed by atoms with Gasteiger partial charge in [-0.15, -0.1) is 0 Å². The fraction of sp³-hybridized carbons (Fsp3) is 0.571. The minimum absolute atomic E-state index is 0.340. The van der Waals surface area contributed by atoms with Crippen LogP contribution in [-0.2, 0) is 25.5 Å². The molecule has 0 saturated heterocycles. The Labute approximate surface area is 172 Å². The van der Waals surface area contributed by atoms with Crippen molar-refractivity contribution in [3.05, 3.63) is 29.8 Å². The van der Waals surface area contributed by atoms with Crippen molar-refractivity contribution < 1.29 is 28.6 Å². The van der Waals surface area contributed by atoms with Crippen molar-refractivity contribution >= 4 is 17.8 Å². The number of hydrogen-bond donors (Lipinski definition) is 2. The summed E-state index contributed by atoms with van der Waals surface area (Å²) in [6, 6.07) is 5.73. The summed E-state index contributed by atoms with van der Waals surface area (Å²) in [6.45, 7) is 8.03. The van der Waals surface area contributed by atoms with Crippen LogP contribution < -0.4 is 15.4 Å². The Morgan fingerprint density at radius 1 is 1.10 bits per heavy atom. The van der Waals surface area contributed by atoms with Gasteiger partial charge in [-0.25, -0.2) is 4.79 Å². The standard InChI is InChI=1S/C21H32N2O6/c1-13(24)18(23-20(26)29-21(3,4)5)14(2)28-19(25)17(22-6)12-15-8-10-16(27-7)11-9-15/h8-11,14,17-18,22H,12H2,1-7H3,(H,23,26)/t14-,17+,18-/m1/s1. The Bertz CT molecular complexity index is 696. The largest absolute Gasteiger partial charge is 0.497 e. The van der Waals surface area contributed by atoms with Crippen LogP contribution in [0.25, 0.3) is 0 Å². The maximum atomic E-state index is 12.6. The normalized spacial score (nSPS) is 14.3. The van der Waals surface area contributed by atoms with Gasteiger partial charge in [-0.3, -0.25) is 9.59 Å². The number of Topliss-reactive ketones (excluding diaryl/α,β-unsaturated/α-hetero) is 1. The molecule has 1 amide bonds. The Kier molecular flexibility index (Phi) is 9.10. The summed E-state index contributed by atoms with van der Waals surface area (Å²) in [4.78, 5) is 36.6. The molecule has 0 saturated carbocycles. The average molecular weight is 408 g/mol. The summed E-state index contributed by atoms with van der Waals surface area (Å²) in [5, 5.41) is 5.40. The molecule has 1 aromatic carbocycles. The number of hydrogen-bond acceptors (Lipinski definition) is 7. The maximum absolute atomic E-state index is 12.6. The molecule has 0 fully saturated rings. The van der Waals surface area contributed by atoms with Gasteiger partial charge in [0.25, 0.3) is 0 Å². The zero-order valence-corrected chi connectivity index (χ0v) is 18.2. The number of ether oxygens (including phenoxy) is 3. The van der Waals surface area contributed by atoms with Gasteiger partial charge in [0.15, 0.2) is 5.78 Å². The van der Waals surface area contributed by atoms with E-state index >= 15 is 0 Å². The van der Waals surface area contributed by atoms with Crippen LogP contribution in [-0.4, -0.2) is 55.8 Å². The van der Waals surface area contributed by atoms with Gasteiger partial charge >= 0.3 is 12.1 Å². The minimum Gasteiger partial charge on any atom is -0.497 e. The highest BCUT2D eigenvalue weighted by molar-refractivity contribution is 5.86. The van der Waals surface area contributed by atoms with Crippen molar-refractivity contribution in [1.82, 2.24) is 10.6 Å². The highest BCUT2D eigenvalue weighted by atomic mass is 16.6. The molecule has 0 aliphatic rings. The molecule has 0 aliphatic carbocycles. The molecule has 8 heteroatoms. The van der Waals surface area contributed by atoms with E-state index in [1.165, 1.54) is 6.92 Å². The van der Waals surface area contributed by atoms with Crippen LogP contribution in [0.5, 0.6) is 5.75 Å². The molecule has 2 N–H and O–H groups in total. The van der Waals surface area contributed by atoms with E-state index in [2.05, 4.69) is 10.6 Å². The third-order valence-corrected chi connectivity index (χ3v) is 4.11. The van der Waals surface area contributed by atoms with Crippen molar-refractivity contribution in [3.63, 3.8) is 0 Å². The van der Waals surface area contributed by atoms with E-state index < -0.39 is 35.9 Å². The van der Waals surface area contributed by atoms with E-state index in [-0.39, 0.29) is 5.78 Å². The van der Waals surface area contributed by atoms with Crippen molar-refractivity contribution in [3.8, 4) is 5.75 Å². The first-order valence-corrected chi connectivity index (χ1v) is 9.47. The number of alkyl carbamates (subject to hydrolysis) is 1. The van der Waals surface area contributed by atoms with Crippen LogP contribution in [0.15, 0.2) is 24.3 Å². The van der Waals surface area contributed by atoms with Gasteiger partial charge in [-0.1, -0.05) is 12.1 Å². The lowest BCUT2D eigenvalue weighted by Crippen LogP contribution is -2.51. The second kappa shape index (κ2) is 10.8. The topological polar surface area (TPSA) is 103 Å². The summed E-state index contributed by atoms with van der Waals surface area (Å²) < 4.78 is 15.8. The number of rotatable bonds is 9. The Morgan fingerprint density at radius 2 is 1.69 bits per heavy atom. The average Bonchev–Trinajstić information content (AvgIpc) is 2.62. The van der Waals surface area contributed by atoms with Crippen molar-refractivity contribution in [1.29, 1.82) is 0 Å². The van der Waals surface area contributed by atoms with Gasteiger partial charge in [0.1, 0.15) is 29.5 Å². The van der Waals surface area contributed by atoms with Crippen molar-refractivity contribution in [2.45, 2.75) is 64.8 Å². The van der Waals surface area contributed by atoms with Gasteiger partial charge < -0.3 is 24.8 Å². The van der Waals surface area contributed by atoms with E-state index in [4.69, 9.17) is 14.2 Å². The van der Waals surface area contributed by atoms with E-state index in [0.29, 0.717) is 6.42 Å². The molecule has 0 unspecified atom stereocenters. The number of likely N-dealkylation sites (N-methyl/N-ethyl adjacent to an activating group) is 1. The van der Waals surface area contributed by atoms with Crippen LogP contribution in [0.2, 0.25) is 0 Å². The number of carbonyl (C=O) groups excluding carboxylic acids is 3. The Hall–Kier alpha value is -2.61. The number of methoxy groups -OCH3 is 1. The first-order chi connectivity index (χ1) is 13.5. The maximum Gasteiger partial charge on any atom is 0.408 e. The monoisotopic (exact) mass is 408 g/mol. The first kappa shape index (κ1) is 24.4. The van der Waals surface area contributed by atoms with Gasteiger partial charge in [-0.05, 0) is 65.8 Å². The van der Waals surface area contributed by atoms with E-state index in [9.17, 15) is 14.4 Å². The molecule has 0 heterocycles. The molecule has 0 aromatic heterocycles. The number of nitrogens with one attached hydrogen (secondary N) is 2. The van der Waals surface area contributed by atoms with Crippen LogP contribution in [0.3, 0.4) is 0 Å². The Morgan fingerprint density at radius 3 is 2.14 bits per heavy atom. The van der Waals surface area contributed by atoms with Crippen LogP contribution >= 0.6 is 0 Å². The third kappa shape index (κ3) is 8.51. The van der Waals surface area contributed by atoms with E-state index in [1.807, 2.05) is 24.3 Å². The van der Waals surface area contributed by atoms with Crippen molar-refractivity contribution in [2.24, 2.45) is 0 Å². The summed E-state index contributed by atoms with van der Waals surface area (Å²) in [7, 11) is 3.24. The molecule has 3 atom stereocenters. The number of esters is 1. The molecule has 29 heavy (non-hydrogen) atoms. The minimum atomic E-state index is -1.01. The summed E-state index contributed by atoms with van der Waals surface area (Å²) >= 11 is 0. The fourth-order valence-corrected chi connectivity index (χ4v) is 2.62. The quantitative estimate of drug-likeness (QED) is 0.604. The summed E-state index contributed by atoms with van der Waals surface area (Å²) in [5.41, 5.74) is 0.214. The lowest BCUT2D eigenvalue weighted by atomic mass is 10.1. The highest BCUT2D eigenvalue weighted by Crippen LogP contribution is 2.14. The molecular formula is C21H32N2O6. The molecule has 1 aromatic rings. The van der Waals surface area contributed by atoms with Crippen LogP contribution in [0, 0.1) is 0 Å². The van der Waals surface area contributed by atoms with Crippen LogP contribution in [0.4, 0.5) is 4.79 Å². The smallest absolute Gasteiger partial charge is 0.408 e.